The molecule has 2 heterocycles. The van der Waals surface area contributed by atoms with Crippen molar-refractivity contribution < 1.29 is 14.1 Å². The molecule has 1 aromatic carbocycles. The Bertz CT molecular complexity index is 681. The number of nitrogens with one attached hydrogen (secondary N) is 1. The van der Waals surface area contributed by atoms with Crippen LogP contribution in [0.5, 0.6) is 5.75 Å². The van der Waals surface area contributed by atoms with Crippen molar-refractivity contribution in [1.82, 2.24) is 10.1 Å². The summed E-state index contributed by atoms with van der Waals surface area (Å²) < 4.78 is 10.7. The highest BCUT2D eigenvalue weighted by molar-refractivity contribution is 6.02. The summed E-state index contributed by atoms with van der Waals surface area (Å²) in [5.74, 6) is 1.92. The molecule has 128 valence electrons. The highest BCUT2D eigenvalue weighted by Crippen LogP contribution is 2.18. The quantitative estimate of drug-likeness (QED) is 0.882. The molecule has 2 aromatic rings. The first kappa shape index (κ1) is 16.5. The van der Waals surface area contributed by atoms with Crippen molar-refractivity contribution in [3.8, 4) is 5.75 Å². The predicted octanol–water partition coefficient (Wildman–Crippen LogP) is 2.96. The summed E-state index contributed by atoms with van der Waals surface area (Å²) in [7, 11) is 0. The number of benzene rings is 1. The molecule has 0 unspecified atom stereocenters. The van der Waals surface area contributed by atoms with Gasteiger partial charge in [0.25, 0.3) is 5.91 Å². The Morgan fingerprint density at radius 3 is 2.83 bits per heavy atom. The van der Waals surface area contributed by atoms with E-state index in [9.17, 15) is 4.79 Å². The van der Waals surface area contributed by atoms with Gasteiger partial charge in [0.2, 0.25) is 0 Å². The zero-order valence-electron chi connectivity index (χ0n) is 14.1. The number of likely N-dealkylation sites (tertiary alicyclic amines) is 1. The smallest absolute Gasteiger partial charge is 0.277 e. The number of ether oxygens (including phenoxy) is 1. The molecule has 0 bridgehead atoms. The lowest BCUT2D eigenvalue weighted by molar-refractivity contribution is 0.101. The average Bonchev–Trinajstić information content (AvgIpc) is 3.18. The van der Waals surface area contributed by atoms with Crippen molar-refractivity contribution in [3.63, 3.8) is 0 Å². The number of anilines is 1. The molecule has 1 aromatic heterocycles. The third-order valence-electron chi connectivity index (χ3n) is 4.16. The molecule has 0 radical (unpaired) electrons. The maximum Gasteiger partial charge on any atom is 0.277 e. The fourth-order valence-corrected chi connectivity index (χ4v) is 2.83. The van der Waals surface area contributed by atoms with Crippen molar-refractivity contribution in [2.24, 2.45) is 5.92 Å². The maximum atomic E-state index is 12.0. The number of carbonyl (C=O) groups is 1. The Labute approximate surface area is 141 Å². The van der Waals surface area contributed by atoms with E-state index >= 15 is 0 Å². The van der Waals surface area contributed by atoms with Crippen molar-refractivity contribution >= 4 is 11.6 Å². The molecule has 1 fully saturated rings. The van der Waals surface area contributed by atoms with Crippen molar-refractivity contribution in [1.29, 1.82) is 0 Å². The van der Waals surface area contributed by atoms with E-state index in [-0.39, 0.29) is 11.6 Å². The summed E-state index contributed by atoms with van der Waals surface area (Å²) in [6.07, 6.45) is 1.28. The minimum Gasteiger partial charge on any atom is -0.492 e. The molecule has 0 aliphatic carbocycles. The Balaban J connectivity index is 1.45. The summed E-state index contributed by atoms with van der Waals surface area (Å²) in [4.78, 5) is 14.4. The van der Waals surface area contributed by atoms with Crippen LogP contribution in [-0.4, -0.2) is 42.2 Å². The van der Waals surface area contributed by atoms with E-state index in [4.69, 9.17) is 9.26 Å². The first-order valence-corrected chi connectivity index (χ1v) is 8.30. The Morgan fingerprint density at radius 2 is 2.21 bits per heavy atom. The number of rotatable bonds is 6. The minimum absolute atomic E-state index is 0.271. The van der Waals surface area contributed by atoms with Crippen LogP contribution in [0.2, 0.25) is 0 Å². The minimum atomic E-state index is -0.288. The number of aryl methyl sites for hydroxylation is 1. The van der Waals surface area contributed by atoms with E-state index in [1.807, 2.05) is 24.3 Å². The van der Waals surface area contributed by atoms with Crippen LogP contribution in [0.4, 0.5) is 5.69 Å². The average molecular weight is 329 g/mol. The van der Waals surface area contributed by atoms with Crippen LogP contribution in [0.3, 0.4) is 0 Å². The third kappa shape index (κ3) is 4.35. The highest BCUT2D eigenvalue weighted by atomic mass is 16.5. The largest absolute Gasteiger partial charge is 0.492 e. The lowest BCUT2D eigenvalue weighted by Crippen LogP contribution is -2.25. The maximum absolute atomic E-state index is 12.0. The van der Waals surface area contributed by atoms with E-state index in [0.29, 0.717) is 18.1 Å². The normalized spacial score (nSPS) is 17.8. The van der Waals surface area contributed by atoms with Crippen LogP contribution in [0.25, 0.3) is 0 Å². The first-order chi connectivity index (χ1) is 11.6. The second-order valence-corrected chi connectivity index (χ2v) is 6.34. The molecule has 0 saturated carbocycles. The van der Waals surface area contributed by atoms with Gasteiger partial charge in [-0.25, -0.2) is 0 Å². The fraction of sp³-hybridized carbons (Fsp3) is 0.444. The number of amides is 1. The van der Waals surface area contributed by atoms with E-state index in [2.05, 4.69) is 22.3 Å². The SMILES string of the molecule is Cc1cc(C(=O)Nc2ccc(OCCN3CC[C@@H](C)C3)cc2)no1. The molecule has 0 spiro atoms. The molecule has 1 atom stereocenters. The second kappa shape index (κ2) is 7.49. The Morgan fingerprint density at radius 1 is 1.42 bits per heavy atom. The van der Waals surface area contributed by atoms with Gasteiger partial charge in [0.15, 0.2) is 5.69 Å². The van der Waals surface area contributed by atoms with Crippen LogP contribution in [0.1, 0.15) is 29.6 Å². The fourth-order valence-electron chi connectivity index (χ4n) is 2.83. The molecule has 1 N–H and O–H groups in total. The van der Waals surface area contributed by atoms with E-state index in [0.717, 1.165) is 31.3 Å². The Hall–Kier alpha value is -2.34. The van der Waals surface area contributed by atoms with Crippen LogP contribution >= 0.6 is 0 Å². The molecular weight excluding hydrogens is 306 g/mol. The summed E-state index contributed by atoms with van der Waals surface area (Å²) in [5.41, 5.74) is 0.967. The number of carbonyl (C=O) groups excluding carboxylic acids is 1. The first-order valence-electron chi connectivity index (χ1n) is 8.30. The van der Waals surface area contributed by atoms with Gasteiger partial charge in [0, 0.05) is 24.8 Å². The van der Waals surface area contributed by atoms with E-state index in [1.165, 1.54) is 6.42 Å². The molecular formula is C18H23N3O3. The molecule has 3 rings (SSSR count). The van der Waals surface area contributed by atoms with Gasteiger partial charge in [-0.15, -0.1) is 0 Å². The summed E-state index contributed by atoms with van der Waals surface area (Å²) in [5, 5.41) is 6.48. The molecule has 6 nitrogen and oxygen atoms in total. The van der Waals surface area contributed by atoms with Gasteiger partial charge >= 0.3 is 0 Å². The summed E-state index contributed by atoms with van der Waals surface area (Å²) in [6, 6.07) is 8.95. The lowest BCUT2D eigenvalue weighted by Gasteiger charge is -2.15. The van der Waals surface area contributed by atoms with Gasteiger partial charge in [-0.1, -0.05) is 12.1 Å². The molecule has 6 heteroatoms. The van der Waals surface area contributed by atoms with Crippen molar-refractivity contribution in [2.45, 2.75) is 20.3 Å². The van der Waals surface area contributed by atoms with E-state index < -0.39 is 0 Å². The summed E-state index contributed by atoms with van der Waals surface area (Å²) >= 11 is 0. The van der Waals surface area contributed by atoms with Crippen molar-refractivity contribution in [3.05, 3.63) is 41.8 Å². The lowest BCUT2D eigenvalue weighted by atomic mass is 10.2. The third-order valence-corrected chi connectivity index (χ3v) is 4.16. The molecule has 1 aliphatic heterocycles. The summed E-state index contributed by atoms with van der Waals surface area (Å²) in [6.45, 7) is 7.99. The monoisotopic (exact) mass is 329 g/mol. The number of hydrogen-bond donors (Lipinski definition) is 1. The number of aromatic nitrogens is 1. The van der Waals surface area contributed by atoms with Crippen molar-refractivity contribution in [2.75, 3.05) is 31.6 Å². The van der Waals surface area contributed by atoms with Crippen LogP contribution in [0, 0.1) is 12.8 Å². The van der Waals surface area contributed by atoms with Crippen LogP contribution in [-0.2, 0) is 0 Å². The molecule has 1 aliphatic rings. The van der Waals surface area contributed by atoms with Gasteiger partial charge in [0.05, 0.1) is 0 Å². The Kier molecular flexibility index (Phi) is 5.15. The van der Waals surface area contributed by atoms with Crippen LogP contribution in [0.15, 0.2) is 34.9 Å². The van der Waals surface area contributed by atoms with Gasteiger partial charge < -0.3 is 14.6 Å². The second-order valence-electron chi connectivity index (χ2n) is 6.34. The topological polar surface area (TPSA) is 67.6 Å². The molecule has 1 saturated heterocycles. The van der Waals surface area contributed by atoms with Gasteiger partial charge in [-0.3, -0.25) is 9.69 Å². The number of nitrogens with zero attached hydrogens (tertiary/aromatic N) is 2. The number of hydrogen-bond acceptors (Lipinski definition) is 5. The molecule has 1 amide bonds. The highest BCUT2D eigenvalue weighted by Gasteiger charge is 2.17. The van der Waals surface area contributed by atoms with Gasteiger partial charge in [-0.05, 0) is 50.1 Å². The zero-order valence-corrected chi connectivity index (χ0v) is 14.1. The predicted molar refractivity (Wildman–Crippen MR) is 91.4 cm³/mol. The standard InChI is InChI=1S/C18H23N3O3/c1-13-7-8-21(12-13)9-10-23-16-5-3-15(4-6-16)19-18(22)17-11-14(2)24-20-17/h3-6,11,13H,7-10,12H2,1-2H3,(H,19,22)/t13-/m1/s1. The van der Waals surface area contributed by atoms with Gasteiger partial charge in [-0.2, -0.15) is 0 Å². The molecule has 24 heavy (non-hydrogen) atoms. The van der Waals surface area contributed by atoms with E-state index in [1.54, 1.807) is 13.0 Å². The van der Waals surface area contributed by atoms with Gasteiger partial charge in [0.1, 0.15) is 18.1 Å². The zero-order chi connectivity index (χ0) is 16.9. The van der Waals surface area contributed by atoms with Crippen LogP contribution < -0.4 is 10.1 Å².